The summed E-state index contributed by atoms with van der Waals surface area (Å²) < 4.78 is 7.08. The first kappa shape index (κ1) is 15.3. The Morgan fingerprint density at radius 2 is 2.32 bits per heavy atom. The number of nitrogens with one attached hydrogen (secondary N) is 1. The van der Waals surface area contributed by atoms with Crippen LogP contribution in [-0.2, 0) is 11.3 Å². The number of aromatic nitrogens is 3. The number of piperidine rings is 1. The smallest absolute Gasteiger partial charge is 0.317 e. The standard InChI is InChI=1S/C15H25N5O2/c1-22-11-14(13-4-5-13)17-15(21)19-7-2-3-12(9-19)10-20-8-6-16-18-20/h6,8,12-14H,2-5,7,9-11H2,1H3,(H,17,21). The summed E-state index contributed by atoms with van der Waals surface area (Å²) in [6, 6.07) is 0.213. The summed E-state index contributed by atoms with van der Waals surface area (Å²) in [5.41, 5.74) is 0. The molecule has 1 aromatic heterocycles. The summed E-state index contributed by atoms with van der Waals surface area (Å²) in [6.07, 6.45) is 8.14. The molecule has 1 saturated heterocycles. The van der Waals surface area contributed by atoms with Gasteiger partial charge in [-0.05, 0) is 37.5 Å². The molecule has 0 spiro atoms. The molecule has 1 N–H and O–H groups in total. The monoisotopic (exact) mass is 307 g/mol. The molecule has 3 rings (SSSR count). The van der Waals surface area contributed by atoms with Crippen molar-refractivity contribution in [2.45, 2.75) is 38.3 Å². The van der Waals surface area contributed by atoms with Crippen LogP contribution < -0.4 is 5.32 Å². The average molecular weight is 307 g/mol. The van der Waals surface area contributed by atoms with E-state index in [1.165, 1.54) is 12.8 Å². The number of nitrogens with zero attached hydrogens (tertiary/aromatic N) is 4. The van der Waals surface area contributed by atoms with E-state index in [-0.39, 0.29) is 12.1 Å². The second-order valence-corrected chi connectivity index (χ2v) is 6.43. The zero-order valence-corrected chi connectivity index (χ0v) is 13.1. The number of urea groups is 1. The van der Waals surface area contributed by atoms with Crippen LogP contribution in [0.15, 0.2) is 12.4 Å². The lowest BCUT2D eigenvalue weighted by Crippen LogP contribution is -2.50. The van der Waals surface area contributed by atoms with Gasteiger partial charge in [-0.1, -0.05) is 5.21 Å². The van der Waals surface area contributed by atoms with Crippen molar-refractivity contribution in [1.29, 1.82) is 0 Å². The van der Waals surface area contributed by atoms with E-state index in [2.05, 4.69) is 15.6 Å². The van der Waals surface area contributed by atoms with E-state index in [4.69, 9.17) is 4.74 Å². The van der Waals surface area contributed by atoms with Crippen molar-refractivity contribution >= 4 is 6.03 Å². The zero-order valence-electron chi connectivity index (χ0n) is 13.1. The van der Waals surface area contributed by atoms with Crippen LogP contribution in [0, 0.1) is 11.8 Å². The van der Waals surface area contributed by atoms with Gasteiger partial charge in [-0.15, -0.1) is 5.10 Å². The number of amides is 2. The van der Waals surface area contributed by atoms with Crippen LogP contribution in [-0.4, -0.2) is 58.8 Å². The van der Waals surface area contributed by atoms with Gasteiger partial charge in [0.1, 0.15) is 0 Å². The number of methoxy groups -OCH3 is 1. The quantitative estimate of drug-likeness (QED) is 0.855. The SMILES string of the molecule is COCC(NC(=O)N1CCCC(Cn2ccnn2)C1)C1CC1. The Labute approximate surface area is 131 Å². The van der Waals surface area contributed by atoms with Crippen LogP contribution in [0.2, 0.25) is 0 Å². The predicted molar refractivity (Wildman–Crippen MR) is 81.2 cm³/mol. The first-order chi connectivity index (χ1) is 10.8. The summed E-state index contributed by atoms with van der Waals surface area (Å²) in [5.74, 6) is 1.04. The van der Waals surface area contributed by atoms with Crippen molar-refractivity contribution < 1.29 is 9.53 Å². The Morgan fingerprint density at radius 3 is 3.00 bits per heavy atom. The van der Waals surface area contributed by atoms with Crippen molar-refractivity contribution in [2.24, 2.45) is 11.8 Å². The fourth-order valence-electron chi connectivity index (χ4n) is 3.22. The summed E-state index contributed by atoms with van der Waals surface area (Å²) in [4.78, 5) is 14.4. The van der Waals surface area contributed by atoms with Gasteiger partial charge in [-0.25, -0.2) is 4.79 Å². The minimum atomic E-state index is 0.0530. The van der Waals surface area contributed by atoms with Crippen LogP contribution in [0.25, 0.3) is 0 Å². The Morgan fingerprint density at radius 1 is 1.45 bits per heavy atom. The molecule has 7 heteroatoms. The molecule has 0 bridgehead atoms. The zero-order chi connectivity index (χ0) is 15.4. The molecule has 2 aliphatic rings. The number of likely N-dealkylation sites (tertiary alicyclic amines) is 1. The van der Waals surface area contributed by atoms with Crippen LogP contribution in [0.4, 0.5) is 4.79 Å². The highest BCUT2D eigenvalue weighted by molar-refractivity contribution is 5.74. The van der Waals surface area contributed by atoms with Crippen molar-refractivity contribution in [3.8, 4) is 0 Å². The number of hydrogen-bond donors (Lipinski definition) is 1. The second-order valence-electron chi connectivity index (χ2n) is 6.43. The highest BCUT2D eigenvalue weighted by atomic mass is 16.5. The third-order valence-corrected chi connectivity index (χ3v) is 4.57. The van der Waals surface area contributed by atoms with Crippen LogP contribution in [0.1, 0.15) is 25.7 Å². The van der Waals surface area contributed by atoms with Gasteiger partial charge in [0.05, 0.1) is 18.8 Å². The van der Waals surface area contributed by atoms with Crippen LogP contribution >= 0.6 is 0 Å². The number of carbonyl (C=O) groups excluding carboxylic acids is 1. The molecule has 122 valence electrons. The van der Waals surface area contributed by atoms with E-state index in [1.807, 2.05) is 15.8 Å². The number of carbonyl (C=O) groups is 1. The summed E-state index contributed by atoms with van der Waals surface area (Å²) in [6.45, 7) is 3.06. The first-order valence-electron chi connectivity index (χ1n) is 8.14. The molecule has 1 aliphatic heterocycles. The molecule has 1 aliphatic carbocycles. The minimum absolute atomic E-state index is 0.0530. The molecular formula is C15H25N5O2. The van der Waals surface area contributed by atoms with E-state index in [0.717, 1.165) is 32.5 Å². The maximum absolute atomic E-state index is 12.5. The maximum atomic E-state index is 12.5. The molecule has 2 atom stereocenters. The van der Waals surface area contributed by atoms with Crippen molar-refractivity contribution in [3.63, 3.8) is 0 Å². The molecular weight excluding hydrogens is 282 g/mol. The highest BCUT2D eigenvalue weighted by Gasteiger charge is 2.34. The van der Waals surface area contributed by atoms with Crippen LogP contribution in [0.5, 0.6) is 0 Å². The van der Waals surface area contributed by atoms with Gasteiger partial charge in [-0.3, -0.25) is 4.68 Å². The van der Waals surface area contributed by atoms with Crippen molar-refractivity contribution in [1.82, 2.24) is 25.2 Å². The first-order valence-corrected chi connectivity index (χ1v) is 8.14. The van der Waals surface area contributed by atoms with Crippen LogP contribution in [0.3, 0.4) is 0 Å². The van der Waals surface area contributed by atoms with Gasteiger partial charge in [0.2, 0.25) is 0 Å². The fourth-order valence-corrected chi connectivity index (χ4v) is 3.22. The topological polar surface area (TPSA) is 72.3 Å². The van der Waals surface area contributed by atoms with E-state index < -0.39 is 0 Å². The molecule has 2 amide bonds. The minimum Gasteiger partial charge on any atom is -0.383 e. The van der Waals surface area contributed by atoms with Gasteiger partial charge >= 0.3 is 6.03 Å². The Hall–Kier alpha value is -1.63. The Kier molecular flexibility index (Phi) is 4.92. The van der Waals surface area contributed by atoms with Gasteiger partial charge in [-0.2, -0.15) is 0 Å². The lowest BCUT2D eigenvalue weighted by atomic mass is 9.98. The number of rotatable bonds is 6. The average Bonchev–Trinajstić information content (AvgIpc) is 3.25. The number of hydrogen-bond acceptors (Lipinski definition) is 4. The molecule has 2 unspecified atom stereocenters. The molecule has 2 fully saturated rings. The van der Waals surface area contributed by atoms with Gasteiger partial charge in [0.25, 0.3) is 0 Å². The van der Waals surface area contributed by atoms with Gasteiger partial charge in [0, 0.05) is 32.9 Å². The summed E-state index contributed by atoms with van der Waals surface area (Å²) in [7, 11) is 1.69. The molecule has 0 radical (unpaired) electrons. The van der Waals surface area contributed by atoms with E-state index >= 15 is 0 Å². The van der Waals surface area contributed by atoms with Gasteiger partial charge in [0.15, 0.2) is 0 Å². The maximum Gasteiger partial charge on any atom is 0.317 e. The molecule has 7 nitrogen and oxygen atoms in total. The second kappa shape index (κ2) is 7.09. The lowest BCUT2D eigenvalue weighted by Gasteiger charge is -2.33. The highest BCUT2D eigenvalue weighted by Crippen LogP contribution is 2.33. The molecule has 0 aromatic carbocycles. The normalized spacial score (nSPS) is 23.3. The molecule has 22 heavy (non-hydrogen) atoms. The molecule has 1 aromatic rings. The van der Waals surface area contributed by atoms with Crippen molar-refractivity contribution in [3.05, 3.63) is 12.4 Å². The molecule has 1 saturated carbocycles. The molecule has 2 heterocycles. The summed E-state index contributed by atoms with van der Waals surface area (Å²) >= 11 is 0. The van der Waals surface area contributed by atoms with E-state index in [9.17, 15) is 4.79 Å². The fraction of sp³-hybridized carbons (Fsp3) is 0.800. The largest absolute Gasteiger partial charge is 0.383 e. The Balaban J connectivity index is 1.51. The van der Waals surface area contributed by atoms with E-state index in [0.29, 0.717) is 18.4 Å². The summed E-state index contributed by atoms with van der Waals surface area (Å²) in [5, 5.41) is 11.0. The predicted octanol–water partition coefficient (Wildman–Crippen LogP) is 1.12. The third kappa shape index (κ3) is 3.97. The lowest BCUT2D eigenvalue weighted by molar-refractivity contribution is 0.133. The van der Waals surface area contributed by atoms with Crippen molar-refractivity contribution in [2.75, 3.05) is 26.8 Å². The van der Waals surface area contributed by atoms with Gasteiger partial charge < -0.3 is 15.0 Å². The van der Waals surface area contributed by atoms with E-state index in [1.54, 1.807) is 13.3 Å². The Bertz CT molecular complexity index is 474. The third-order valence-electron chi connectivity index (χ3n) is 4.57. The number of ether oxygens (including phenoxy) is 1.